The molecule has 1 aromatic carbocycles. The van der Waals surface area contributed by atoms with Gasteiger partial charge in [-0.2, -0.15) is 13.2 Å². The van der Waals surface area contributed by atoms with E-state index in [-0.39, 0.29) is 5.54 Å². The van der Waals surface area contributed by atoms with Crippen molar-refractivity contribution in [2.45, 2.75) is 42.6 Å². The molecule has 4 fully saturated rings. The first-order chi connectivity index (χ1) is 11.5. The highest BCUT2D eigenvalue weighted by molar-refractivity contribution is 6.30. The summed E-state index contributed by atoms with van der Waals surface area (Å²) in [5.41, 5.74) is 6.74. The van der Waals surface area contributed by atoms with E-state index in [1.807, 2.05) is 24.3 Å². The smallest absolute Gasteiger partial charge is 0.488 e. The van der Waals surface area contributed by atoms with Crippen LogP contribution in [0.25, 0.3) is 0 Å². The van der Waals surface area contributed by atoms with Crippen LogP contribution in [0.4, 0.5) is 13.2 Å². The minimum Gasteiger partial charge on any atom is -0.488 e. The number of hydrogen-bond donors (Lipinski definition) is 2. The molecule has 0 unspecified atom stereocenters. The molecule has 3 saturated carbocycles. The van der Waals surface area contributed by atoms with Crippen LogP contribution in [0.3, 0.4) is 0 Å². The Labute approximate surface area is 147 Å². The quantitative estimate of drug-likeness (QED) is 0.845. The van der Waals surface area contributed by atoms with Crippen molar-refractivity contribution in [2.75, 3.05) is 13.1 Å². The van der Waals surface area contributed by atoms with Crippen LogP contribution in [-0.4, -0.2) is 52.4 Å². The molecule has 2 bridgehead atoms. The van der Waals surface area contributed by atoms with E-state index in [1.54, 1.807) is 0 Å². The number of halogens is 4. The highest BCUT2D eigenvalue weighted by atomic mass is 35.5. The Hall–Kier alpha value is -1.51. The number of nitrogens with zero attached hydrogens (tertiary/aromatic N) is 1. The molecule has 0 radical (unpaired) electrons. The number of carboxylic acids is 1. The second kappa shape index (κ2) is 6.03. The van der Waals surface area contributed by atoms with Crippen molar-refractivity contribution in [3.8, 4) is 5.75 Å². The highest BCUT2D eigenvalue weighted by Gasteiger charge is 2.69. The Morgan fingerprint density at radius 1 is 1.24 bits per heavy atom. The average Bonchev–Trinajstić information content (AvgIpc) is 2.40. The zero-order valence-electron chi connectivity index (χ0n) is 13.2. The van der Waals surface area contributed by atoms with Crippen LogP contribution in [-0.2, 0) is 4.79 Å². The molecule has 1 heterocycles. The van der Waals surface area contributed by atoms with Gasteiger partial charge in [-0.25, -0.2) is 4.79 Å². The third-order valence-corrected chi connectivity index (χ3v) is 5.17. The Kier molecular flexibility index (Phi) is 4.41. The Bertz CT molecular complexity index is 640. The van der Waals surface area contributed by atoms with Gasteiger partial charge in [0.2, 0.25) is 0 Å². The van der Waals surface area contributed by atoms with Gasteiger partial charge in [0.1, 0.15) is 11.9 Å². The van der Waals surface area contributed by atoms with Gasteiger partial charge in [-0.3, -0.25) is 4.90 Å². The number of nitrogens with two attached hydrogens (primary N) is 1. The van der Waals surface area contributed by atoms with E-state index in [9.17, 15) is 13.2 Å². The van der Waals surface area contributed by atoms with Gasteiger partial charge in [0.25, 0.3) is 0 Å². The van der Waals surface area contributed by atoms with Gasteiger partial charge in [-0.05, 0) is 43.5 Å². The van der Waals surface area contributed by atoms with Gasteiger partial charge < -0.3 is 15.6 Å². The molecular weight excluding hydrogens is 361 g/mol. The topological polar surface area (TPSA) is 75.8 Å². The van der Waals surface area contributed by atoms with Crippen LogP contribution >= 0.6 is 11.6 Å². The van der Waals surface area contributed by atoms with Gasteiger partial charge in [0.05, 0.1) is 0 Å². The van der Waals surface area contributed by atoms with E-state index in [2.05, 4.69) is 4.90 Å². The van der Waals surface area contributed by atoms with Crippen molar-refractivity contribution < 1.29 is 27.8 Å². The van der Waals surface area contributed by atoms with Crippen LogP contribution in [0.5, 0.6) is 5.75 Å². The monoisotopic (exact) mass is 378 g/mol. The maximum atomic E-state index is 10.6. The molecule has 138 valence electrons. The van der Waals surface area contributed by atoms with Gasteiger partial charge >= 0.3 is 12.1 Å². The molecular formula is C16H18ClF3N2O3. The molecule has 3 N–H and O–H groups in total. The molecule has 4 aliphatic rings. The van der Waals surface area contributed by atoms with Crippen molar-refractivity contribution in [3.05, 3.63) is 29.3 Å². The zero-order valence-corrected chi connectivity index (χ0v) is 14.0. The van der Waals surface area contributed by atoms with Crippen molar-refractivity contribution in [1.82, 2.24) is 4.90 Å². The summed E-state index contributed by atoms with van der Waals surface area (Å²) >= 11 is 5.85. The predicted molar refractivity (Wildman–Crippen MR) is 84.6 cm³/mol. The van der Waals surface area contributed by atoms with Crippen LogP contribution in [0.2, 0.25) is 5.02 Å². The van der Waals surface area contributed by atoms with Crippen LogP contribution < -0.4 is 10.5 Å². The fourth-order valence-electron chi connectivity index (χ4n) is 3.75. The summed E-state index contributed by atoms with van der Waals surface area (Å²) in [6.45, 7) is 2.08. The maximum absolute atomic E-state index is 10.6. The van der Waals surface area contributed by atoms with Crippen molar-refractivity contribution in [1.29, 1.82) is 0 Å². The Morgan fingerprint density at radius 3 is 2.12 bits per heavy atom. The summed E-state index contributed by atoms with van der Waals surface area (Å²) in [7, 11) is 0. The lowest BCUT2D eigenvalue weighted by atomic mass is 9.43. The van der Waals surface area contributed by atoms with Crippen LogP contribution in [0, 0.1) is 0 Å². The van der Waals surface area contributed by atoms with Crippen molar-refractivity contribution in [2.24, 2.45) is 5.73 Å². The second-order valence-electron chi connectivity index (χ2n) is 7.02. The highest BCUT2D eigenvalue weighted by Crippen LogP contribution is 2.63. The standard InChI is InChI=1S/C14H17ClN2O.C2HF3O2/c15-10-1-3-11(4-2-10)18-12-5-17(6-12)14-7-13(16,8-14)9-14;3-2(4,5)1(6)7/h1-4,12H,5-9,16H2;(H,6,7). The Morgan fingerprint density at radius 2 is 1.72 bits per heavy atom. The first kappa shape index (κ1) is 18.3. The molecule has 5 nitrogen and oxygen atoms in total. The van der Waals surface area contributed by atoms with E-state index < -0.39 is 12.1 Å². The molecule has 0 spiro atoms. The molecule has 25 heavy (non-hydrogen) atoms. The average molecular weight is 379 g/mol. The van der Waals surface area contributed by atoms with E-state index in [0.717, 1.165) is 23.9 Å². The number of benzene rings is 1. The zero-order chi connectivity index (χ0) is 18.5. The summed E-state index contributed by atoms with van der Waals surface area (Å²) in [6.07, 6.45) is -1.19. The molecule has 0 amide bonds. The molecule has 1 saturated heterocycles. The van der Waals surface area contributed by atoms with Gasteiger partial charge in [-0.1, -0.05) is 11.6 Å². The summed E-state index contributed by atoms with van der Waals surface area (Å²) in [4.78, 5) is 11.4. The summed E-state index contributed by atoms with van der Waals surface area (Å²) in [5, 5.41) is 7.87. The molecule has 3 aliphatic carbocycles. The number of alkyl halides is 3. The number of rotatable bonds is 3. The number of carboxylic acid groups (broad SMARTS) is 1. The van der Waals surface area contributed by atoms with Crippen molar-refractivity contribution >= 4 is 17.6 Å². The Balaban J connectivity index is 0.000000225. The molecule has 5 rings (SSSR count). The third kappa shape index (κ3) is 3.70. The van der Waals surface area contributed by atoms with Gasteiger partial charge in [0.15, 0.2) is 0 Å². The summed E-state index contributed by atoms with van der Waals surface area (Å²) in [6, 6.07) is 7.60. The van der Waals surface area contributed by atoms with Crippen LogP contribution in [0.1, 0.15) is 19.3 Å². The lowest BCUT2D eigenvalue weighted by Crippen LogP contribution is -2.85. The van der Waals surface area contributed by atoms with E-state index in [0.29, 0.717) is 11.6 Å². The molecule has 1 aromatic rings. The first-order valence-electron chi connectivity index (χ1n) is 7.78. The fraction of sp³-hybridized carbons (Fsp3) is 0.562. The van der Waals surface area contributed by atoms with Crippen LogP contribution in [0.15, 0.2) is 24.3 Å². The molecule has 0 atom stereocenters. The second-order valence-corrected chi connectivity index (χ2v) is 7.46. The lowest BCUT2D eigenvalue weighted by Gasteiger charge is -2.74. The summed E-state index contributed by atoms with van der Waals surface area (Å²) < 4.78 is 37.6. The summed E-state index contributed by atoms with van der Waals surface area (Å²) in [5.74, 6) is -1.84. The lowest BCUT2D eigenvalue weighted by molar-refractivity contribution is -0.204. The van der Waals surface area contributed by atoms with E-state index in [1.165, 1.54) is 19.3 Å². The minimum absolute atomic E-state index is 0.197. The molecule has 1 aliphatic heterocycles. The number of hydrogen-bond acceptors (Lipinski definition) is 4. The fourth-order valence-corrected chi connectivity index (χ4v) is 3.88. The predicted octanol–water partition coefficient (Wildman–Crippen LogP) is 2.67. The van der Waals surface area contributed by atoms with Gasteiger partial charge in [-0.15, -0.1) is 0 Å². The number of aliphatic carboxylic acids is 1. The number of carbonyl (C=O) groups is 1. The van der Waals surface area contributed by atoms with E-state index >= 15 is 0 Å². The van der Waals surface area contributed by atoms with Crippen molar-refractivity contribution in [3.63, 3.8) is 0 Å². The molecule has 9 heteroatoms. The molecule has 0 aromatic heterocycles. The van der Waals surface area contributed by atoms with E-state index in [4.69, 9.17) is 32.0 Å². The normalized spacial score (nSPS) is 30.9. The number of likely N-dealkylation sites (tertiary alicyclic amines) is 1. The minimum atomic E-state index is -5.08. The largest absolute Gasteiger partial charge is 0.490 e. The SMILES string of the molecule is NC12CC(N3CC(Oc4ccc(Cl)cc4)C3)(C1)C2.O=C(O)C(F)(F)F. The number of ether oxygens (including phenoxy) is 1. The third-order valence-electron chi connectivity index (χ3n) is 4.92. The first-order valence-corrected chi connectivity index (χ1v) is 8.16. The maximum Gasteiger partial charge on any atom is 0.490 e. The van der Waals surface area contributed by atoms with Gasteiger partial charge in [0, 0.05) is 29.2 Å².